The van der Waals surface area contributed by atoms with E-state index in [1.54, 1.807) is 0 Å². The van der Waals surface area contributed by atoms with Gasteiger partial charge in [-0.2, -0.15) is 0 Å². The number of fused-ring (bicyclic) bond motifs is 1. The predicted molar refractivity (Wildman–Crippen MR) is 95.6 cm³/mol. The van der Waals surface area contributed by atoms with Crippen LogP contribution in [0.4, 0.5) is 0 Å². The van der Waals surface area contributed by atoms with Gasteiger partial charge in [-0.1, -0.05) is 32.5 Å². The minimum Gasteiger partial charge on any atom is -0.360 e. The van der Waals surface area contributed by atoms with Gasteiger partial charge in [0.15, 0.2) is 0 Å². The third-order valence-electron chi connectivity index (χ3n) is 5.19. The Balaban J connectivity index is 2.25. The molecule has 2 fully saturated rings. The van der Waals surface area contributed by atoms with Crippen LogP contribution >= 0.6 is 12.2 Å². The summed E-state index contributed by atoms with van der Waals surface area (Å²) in [5, 5.41) is 0. The van der Waals surface area contributed by atoms with Gasteiger partial charge in [-0.05, 0) is 63.2 Å². The first-order chi connectivity index (χ1) is 9.71. The molecule has 0 amide bonds. The number of rotatable bonds is 3. The first kappa shape index (κ1) is 17.3. The van der Waals surface area contributed by atoms with E-state index >= 15 is 0 Å². The van der Waals surface area contributed by atoms with Crippen molar-refractivity contribution in [2.24, 2.45) is 23.5 Å². The number of piperidine rings is 1. The number of hydrogen-bond acceptors (Lipinski definition) is 2. The molecule has 2 N–H and O–H groups in total. The lowest BCUT2D eigenvalue weighted by Crippen LogP contribution is -2.55. The van der Waals surface area contributed by atoms with E-state index in [2.05, 4.69) is 32.6 Å². The summed E-state index contributed by atoms with van der Waals surface area (Å²) in [5.41, 5.74) is 5.83. The van der Waals surface area contributed by atoms with E-state index in [0.717, 1.165) is 19.3 Å². The van der Waals surface area contributed by atoms with Crippen molar-refractivity contribution in [2.45, 2.75) is 83.7 Å². The van der Waals surface area contributed by atoms with E-state index in [4.69, 9.17) is 25.8 Å². The number of likely N-dealkylation sites (tertiary alicyclic amines) is 1. The molecule has 1 aliphatic heterocycles. The average molecular weight is 306 g/mol. The quantitative estimate of drug-likeness (QED) is 0.639. The Bertz CT molecular complexity index is 381. The minimum atomic E-state index is -0.483. The molecule has 1 heterocycles. The molecule has 4 atom stereocenters. The fourth-order valence-corrected chi connectivity index (χ4v) is 4.99. The van der Waals surface area contributed by atoms with Gasteiger partial charge in [0.05, 0.1) is 12.8 Å². The zero-order chi connectivity index (χ0) is 15.8. The van der Waals surface area contributed by atoms with Crippen molar-refractivity contribution in [2.75, 3.05) is 0 Å². The van der Waals surface area contributed by atoms with Crippen molar-refractivity contribution in [3.63, 3.8) is 0 Å². The predicted octanol–water partition coefficient (Wildman–Crippen LogP) is 3.47. The van der Waals surface area contributed by atoms with Crippen LogP contribution in [0.5, 0.6) is 0 Å². The molecule has 4 unspecified atom stereocenters. The van der Waals surface area contributed by atoms with E-state index in [9.17, 15) is 0 Å². The van der Waals surface area contributed by atoms with E-state index in [-0.39, 0.29) is 0 Å². The maximum atomic E-state index is 6.31. The number of nitrogens with zero attached hydrogens (tertiary/aromatic N) is 1. The highest BCUT2D eigenvalue weighted by atomic mass is 32.1. The molecule has 4 heteroatoms. The molecule has 1 aliphatic carbocycles. The summed E-state index contributed by atoms with van der Waals surface area (Å²) in [4.78, 5) is 3.72. The fourth-order valence-electron chi connectivity index (χ4n) is 4.45. The van der Waals surface area contributed by atoms with Crippen LogP contribution in [0.15, 0.2) is 0 Å². The van der Waals surface area contributed by atoms with Gasteiger partial charge >= 0.3 is 0 Å². The Morgan fingerprint density at radius 1 is 1.38 bits per heavy atom. The zero-order valence-corrected chi connectivity index (χ0v) is 15.0. The van der Waals surface area contributed by atoms with Gasteiger partial charge in [0, 0.05) is 18.0 Å². The maximum absolute atomic E-state index is 6.31. The van der Waals surface area contributed by atoms with Crippen LogP contribution in [0.3, 0.4) is 0 Å². The van der Waals surface area contributed by atoms with Crippen molar-refractivity contribution < 1.29 is 0 Å². The van der Waals surface area contributed by atoms with Crippen LogP contribution in [0.2, 0.25) is 0 Å². The molecule has 118 valence electrons. The Morgan fingerprint density at radius 2 is 2.05 bits per heavy atom. The average Bonchev–Trinajstić information content (AvgIpc) is 2.46. The van der Waals surface area contributed by atoms with Gasteiger partial charge in [0.25, 0.3) is 0 Å². The summed E-state index contributed by atoms with van der Waals surface area (Å²) in [7, 11) is 6.31. The molecule has 0 spiro atoms. The van der Waals surface area contributed by atoms with Gasteiger partial charge in [-0.25, -0.2) is 0 Å². The van der Waals surface area contributed by atoms with Gasteiger partial charge in [-0.3, -0.25) is 0 Å². The first-order valence-corrected chi connectivity index (χ1v) is 9.02. The van der Waals surface area contributed by atoms with Crippen LogP contribution in [-0.2, 0) is 0 Å². The number of nitrogens with two attached hydrogens (primary N) is 1. The van der Waals surface area contributed by atoms with Gasteiger partial charge in [-0.15, -0.1) is 0 Å². The van der Waals surface area contributed by atoms with Gasteiger partial charge in [0.2, 0.25) is 0 Å². The van der Waals surface area contributed by atoms with Crippen molar-refractivity contribution >= 4 is 25.1 Å². The van der Waals surface area contributed by atoms with E-state index in [1.807, 2.05) is 0 Å². The Labute approximate surface area is 137 Å². The van der Waals surface area contributed by atoms with E-state index in [0.29, 0.717) is 29.8 Å². The number of hydrogen-bond donors (Lipinski definition) is 1. The van der Waals surface area contributed by atoms with Crippen LogP contribution in [-0.4, -0.2) is 35.3 Å². The first-order valence-electron chi connectivity index (χ1n) is 8.61. The monoisotopic (exact) mass is 306 g/mol. The lowest BCUT2D eigenvalue weighted by Gasteiger charge is -2.49. The third-order valence-corrected chi connectivity index (χ3v) is 5.73. The second-order valence-electron chi connectivity index (χ2n) is 8.06. The molecular weight excluding hydrogens is 275 g/mol. The summed E-state index contributed by atoms with van der Waals surface area (Å²) < 4.78 is 0. The normalized spacial score (nSPS) is 37.8. The Morgan fingerprint density at radius 3 is 2.62 bits per heavy atom. The van der Waals surface area contributed by atoms with Crippen molar-refractivity contribution in [1.29, 1.82) is 0 Å². The lowest BCUT2D eigenvalue weighted by molar-refractivity contribution is 0.123. The molecule has 1 saturated heterocycles. The van der Waals surface area contributed by atoms with Crippen molar-refractivity contribution in [3.8, 4) is 0 Å². The summed E-state index contributed by atoms with van der Waals surface area (Å²) in [6, 6.07) is 1.03. The molecule has 2 radical (unpaired) electrons. The fraction of sp³-hybridized carbons (Fsp3) is 0.941. The van der Waals surface area contributed by atoms with Gasteiger partial charge < -0.3 is 10.6 Å². The largest absolute Gasteiger partial charge is 0.360 e. The second-order valence-corrected chi connectivity index (χ2v) is 8.48. The van der Waals surface area contributed by atoms with Gasteiger partial charge in [0.1, 0.15) is 0 Å². The highest BCUT2D eigenvalue weighted by molar-refractivity contribution is 7.80. The topological polar surface area (TPSA) is 29.3 Å². The molecule has 2 aliphatic rings. The standard InChI is InChI=1S/C17H31BN2S/c1-11(2)8-13-9-14-10-17(18,19)7-5-6-15(14)20(12(3)4)16(13)21/h11-15H,5-10,19H2,1-4H3. The van der Waals surface area contributed by atoms with Crippen LogP contribution in [0, 0.1) is 17.8 Å². The molecule has 0 aromatic heterocycles. The molecular formula is C17H31BN2S. The summed E-state index contributed by atoms with van der Waals surface area (Å²) in [6.07, 6.45) is 6.56. The molecule has 2 nitrogen and oxygen atoms in total. The molecule has 2 rings (SSSR count). The van der Waals surface area contributed by atoms with Crippen molar-refractivity contribution in [3.05, 3.63) is 0 Å². The third kappa shape index (κ3) is 4.01. The Hall–Kier alpha value is -0.0851. The minimum absolute atomic E-state index is 0.475. The summed E-state index contributed by atoms with van der Waals surface area (Å²) >= 11 is 5.88. The zero-order valence-electron chi connectivity index (χ0n) is 14.1. The summed E-state index contributed by atoms with van der Waals surface area (Å²) in [5.74, 6) is 1.81. The van der Waals surface area contributed by atoms with Crippen LogP contribution in [0.25, 0.3) is 0 Å². The second kappa shape index (κ2) is 6.58. The maximum Gasteiger partial charge on any atom is 0.0950 e. The molecule has 0 aromatic rings. The van der Waals surface area contributed by atoms with E-state index in [1.165, 1.54) is 24.3 Å². The van der Waals surface area contributed by atoms with E-state index < -0.39 is 5.44 Å². The Kier molecular flexibility index (Phi) is 5.41. The highest BCUT2D eigenvalue weighted by Crippen LogP contribution is 2.42. The number of thiocarbonyl (C=S) groups is 1. The molecule has 1 saturated carbocycles. The lowest BCUT2D eigenvalue weighted by atomic mass is 9.67. The van der Waals surface area contributed by atoms with Crippen LogP contribution < -0.4 is 5.73 Å². The molecule has 0 bridgehead atoms. The van der Waals surface area contributed by atoms with Crippen LogP contribution in [0.1, 0.15) is 66.2 Å². The smallest absolute Gasteiger partial charge is 0.0950 e. The summed E-state index contributed by atoms with van der Waals surface area (Å²) in [6.45, 7) is 9.11. The molecule has 0 aromatic carbocycles. The SMILES string of the molecule is [B]C1(N)CCCC2C(CC(CC(C)C)C(=S)N2C(C)C)C1. The molecule has 21 heavy (non-hydrogen) atoms. The highest BCUT2D eigenvalue weighted by Gasteiger charge is 2.43. The van der Waals surface area contributed by atoms with Crippen molar-refractivity contribution in [1.82, 2.24) is 4.90 Å².